The van der Waals surface area contributed by atoms with E-state index in [9.17, 15) is 13.2 Å². The summed E-state index contributed by atoms with van der Waals surface area (Å²) < 4.78 is 31.8. The van der Waals surface area contributed by atoms with Gasteiger partial charge in [-0.25, -0.2) is 17.9 Å². The minimum absolute atomic E-state index is 0.0381. The first kappa shape index (κ1) is 20.6. The van der Waals surface area contributed by atoms with Crippen molar-refractivity contribution in [2.24, 2.45) is 0 Å². The lowest BCUT2D eigenvalue weighted by Crippen LogP contribution is -2.29. The molecule has 0 amide bonds. The Morgan fingerprint density at radius 3 is 2.48 bits per heavy atom. The number of nitrogens with one attached hydrogen (secondary N) is 3. The summed E-state index contributed by atoms with van der Waals surface area (Å²) in [5.41, 5.74) is 0.837. The molecule has 0 aliphatic rings. The molecule has 152 valence electrons. The Kier molecular flexibility index (Phi) is 6.69. The second-order valence-corrected chi connectivity index (χ2v) is 8.25. The van der Waals surface area contributed by atoms with Crippen molar-refractivity contribution in [2.45, 2.75) is 4.90 Å². The average Bonchev–Trinajstić information content (AvgIpc) is 3.24. The van der Waals surface area contributed by atoms with Gasteiger partial charge in [-0.15, -0.1) is 21.5 Å². The number of sulfonamides is 1. The summed E-state index contributed by atoms with van der Waals surface area (Å²) in [4.78, 5) is 15.5. The highest BCUT2D eigenvalue weighted by Crippen LogP contribution is 2.22. The number of aromatic nitrogens is 3. The number of pyridine rings is 1. The van der Waals surface area contributed by atoms with Crippen LogP contribution in [0.1, 0.15) is 9.67 Å². The van der Waals surface area contributed by atoms with Crippen LogP contribution in [0.4, 0.5) is 17.3 Å². The number of anilines is 3. The number of rotatable bonds is 9. The summed E-state index contributed by atoms with van der Waals surface area (Å²) in [7, 11) is -2.63. The number of hydrogen-bond donors (Lipinski definition) is 3. The van der Waals surface area contributed by atoms with E-state index in [1.807, 2.05) is 0 Å². The molecule has 0 bridgehead atoms. The molecule has 29 heavy (non-hydrogen) atoms. The highest BCUT2D eigenvalue weighted by atomic mass is 32.2. The Hall–Kier alpha value is -3.09. The zero-order valence-corrected chi connectivity index (χ0v) is 17.0. The van der Waals surface area contributed by atoms with Gasteiger partial charge in [-0.05, 0) is 35.7 Å². The van der Waals surface area contributed by atoms with Crippen molar-refractivity contribution in [3.8, 4) is 0 Å². The monoisotopic (exact) mass is 434 g/mol. The van der Waals surface area contributed by atoms with Crippen LogP contribution >= 0.6 is 11.3 Å². The van der Waals surface area contributed by atoms with E-state index in [0.717, 1.165) is 17.0 Å². The number of carbonyl (C=O) groups excluding carboxylic acids is 1. The molecule has 0 aromatic carbocycles. The molecule has 3 aromatic heterocycles. The minimum Gasteiger partial charge on any atom is -0.465 e. The van der Waals surface area contributed by atoms with Crippen molar-refractivity contribution in [1.29, 1.82) is 0 Å². The van der Waals surface area contributed by atoms with Crippen LogP contribution in [-0.4, -0.2) is 49.8 Å². The van der Waals surface area contributed by atoms with Crippen molar-refractivity contribution in [2.75, 3.05) is 30.8 Å². The van der Waals surface area contributed by atoms with Crippen molar-refractivity contribution in [3.05, 3.63) is 53.0 Å². The molecule has 3 aromatic rings. The fourth-order valence-electron chi connectivity index (χ4n) is 2.28. The van der Waals surface area contributed by atoms with Gasteiger partial charge in [0.1, 0.15) is 15.6 Å². The first-order chi connectivity index (χ1) is 14.0. The minimum atomic E-state index is -3.83. The van der Waals surface area contributed by atoms with E-state index in [0.29, 0.717) is 11.6 Å². The lowest BCUT2D eigenvalue weighted by molar-refractivity contribution is 0.0602. The predicted molar refractivity (Wildman–Crippen MR) is 109 cm³/mol. The van der Waals surface area contributed by atoms with Gasteiger partial charge < -0.3 is 15.4 Å². The third kappa shape index (κ3) is 5.47. The quantitative estimate of drug-likeness (QED) is 0.340. The maximum Gasteiger partial charge on any atom is 0.349 e. The van der Waals surface area contributed by atoms with Gasteiger partial charge in [0.2, 0.25) is 10.0 Å². The van der Waals surface area contributed by atoms with Crippen LogP contribution < -0.4 is 15.4 Å². The summed E-state index contributed by atoms with van der Waals surface area (Å²) in [5, 5.41) is 15.7. The van der Waals surface area contributed by atoms with Gasteiger partial charge in [-0.3, -0.25) is 4.98 Å². The zero-order valence-electron chi connectivity index (χ0n) is 15.3. The molecule has 3 rings (SSSR count). The van der Waals surface area contributed by atoms with E-state index < -0.39 is 16.0 Å². The maximum atomic E-state index is 12.4. The third-order valence-corrected chi connectivity index (χ3v) is 6.16. The molecular weight excluding hydrogens is 416 g/mol. The molecule has 0 fully saturated rings. The van der Waals surface area contributed by atoms with E-state index in [1.165, 1.54) is 18.6 Å². The molecule has 3 heterocycles. The third-order valence-electron chi connectivity index (χ3n) is 3.63. The van der Waals surface area contributed by atoms with E-state index in [2.05, 4.69) is 35.3 Å². The first-order valence-electron chi connectivity index (χ1n) is 8.40. The molecule has 10 nitrogen and oxygen atoms in total. The first-order valence-corrected chi connectivity index (χ1v) is 10.8. The van der Waals surface area contributed by atoms with Gasteiger partial charge in [0, 0.05) is 31.2 Å². The van der Waals surface area contributed by atoms with Crippen LogP contribution in [-0.2, 0) is 14.8 Å². The molecule has 0 saturated carbocycles. The number of carbonyl (C=O) groups is 1. The number of methoxy groups -OCH3 is 1. The van der Waals surface area contributed by atoms with Crippen LogP contribution in [0.5, 0.6) is 0 Å². The predicted octanol–water partition coefficient (Wildman–Crippen LogP) is 1.85. The standard InChI is InChI=1S/C17H18N6O4S2/c1-27-17(24)16-13(6-11-28-16)29(25,26)20-10-9-19-14-2-3-15(23-22-14)21-12-4-7-18-8-5-12/h2-8,11,20H,9-10H2,1H3,(H,19,22)(H,18,21,23). The van der Waals surface area contributed by atoms with Gasteiger partial charge in [0.15, 0.2) is 5.82 Å². The van der Waals surface area contributed by atoms with E-state index in [4.69, 9.17) is 0 Å². The van der Waals surface area contributed by atoms with Gasteiger partial charge in [-0.1, -0.05) is 0 Å². The van der Waals surface area contributed by atoms with Crippen molar-refractivity contribution < 1.29 is 17.9 Å². The number of thiophene rings is 1. The van der Waals surface area contributed by atoms with Gasteiger partial charge in [0.25, 0.3) is 0 Å². The molecule has 12 heteroatoms. The molecular formula is C17H18N6O4S2. The molecule has 0 spiro atoms. The Bertz CT molecular complexity index is 1060. The summed E-state index contributed by atoms with van der Waals surface area (Å²) in [5.74, 6) is 0.375. The number of esters is 1. The highest BCUT2D eigenvalue weighted by Gasteiger charge is 2.24. The summed E-state index contributed by atoms with van der Waals surface area (Å²) in [6.07, 6.45) is 3.33. The Labute approximate surface area is 171 Å². The fourth-order valence-corrected chi connectivity index (χ4v) is 4.65. The Balaban J connectivity index is 1.50. The lowest BCUT2D eigenvalue weighted by atomic mass is 10.4. The fraction of sp³-hybridized carbons (Fsp3) is 0.176. The Morgan fingerprint density at radius 2 is 1.79 bits per heavy atom. The van der Waals surface area contributed by atoms with Crippen LogP contribution in [0.2, 0.25) is 0 Å². The van der Waals surface area contributed by atoms with Gasteiger partial charge in [0.05, 0.1) is 7.11 Å². The van der Waals surface area contributed by atoms with Gasteiger partial charge >= 0.3 is 5.97 Å². The Morgan fingerprint density at radius 1 is 1.07 bits per heavy atom. The van der Waals surface area contributed by atoms with Crippen LogP contribution in [0.25, 0.3) is 0 Å². The van der Waals surface area contributed by atoms with Crippen molar-refractivity contribution in [3.63, 3.8) is 0 Å². The van der Waals surface area contributed by atoms with Crippen molar-refractivity contribution in [1.82, 2.24) is 19.9 Å². The molecule has 0 aliphatic carbocycles. The molecule has 0 aliphatic heterocycles. The van der Waals surface area contributed by atoms with E-state index >= 15 is 0 Å². The van der Waals surface area contributed by atoms with E-state index in [-0.39, 0.29) is 22.9 Å². The maximum absolute atomic E-state index is 12.4. The SMILES string of the molecule is COC(=O)c1sccc1S(=O)(=O)NCCNc1ccc(Nc2ccncc2)nn1. The molecule has 0 atom stereocenters. The summed E-state index contributed by atoms with van der Waals surface area (Å²) >= 11 is 1.01. The van der Waals surface area contributed by atoms with Crippen molar-refractivity contribution >= 4 is 44.7 Å². The second kappa shape index (κ2) is 9.41. The molecule has 0 saturated heterocycles. The van der Waals surface area contributed by atoms with E-state index in [1.54, 1.807) is 36.7 Å². The lowest BCUT2D eigenvalue weighted by Gasteiger charge is -2.09. The highest BCUT2D eigenvalue weighted by molar-refractivity contribution is 7.89. The van der Waals surface area contributed by atoms with Crippen LogP contribution in [0.15, 0.2) is 53.0 Å². The average molecular weight is 435 g/mol. The van der Waals surface area contributed by atoms with Gasteiger partial charge in [-0.2, -0.15) is 0 Å². The number of nitrogens with zero attached hydrogens (tertiary/aromatic N) is 3. The largest absolute Gasteiger partial charge is 0.465 e. The molecule has 0 unspecified atom stereocenters. The van der Waals surface area contributed by atoms with Crippen LogP contribution in [0.3, 0.4) is 0 Å². The smallest absolute Gasteiger partial charge is 0.349 e. The second-order valence-electron chi connectivity index (χ2n) is 5.59. The summed E-state index contributed by atoms with van der Waals surface area (Å²) in [6, 6.07) is 8.44. The summed E-state index contributed by atoms with van der Waals surface area (Å²) in [6.45, 7) is 0.375. The van der Waals surface area contributed by atoms with Crippen LogP contribution in [0, 0.1) is 0 Å². The normalized spacial score (nSPS) is 11.1. The number of ether oxygens (including phenoxy) is 1. The zero-order chi connectivity index (χ0) is 20.7. The number of hydrogen-bond acceptors (Lipinski definition) is 10. The topological polar surface area (TPSA) is 135 Å². The molecule has 3 N–H and O–H groups in total. The molecule has 0 radical (unpaired) electrons.